The van der Waals surface area contributed by atoms with Gasteiger partial charge < -0.3 is 0 Å². The third-order valence-electron chi connectivity index (χ3n) is 1.16. The van der Waals surface area contributed by atoms with Crippen LogP contribution in [0.25, 0.3) is 0 Å². The largest absolute Gasteiger partial charge is 0.120 e. The Morgan fingerprint density at radius 1 is 0.722 bits per heavy atom. The third-order valence-corrected chi connectivity index (χ3v) is 1.16. The number of terminal acetylenes is 1. The molecular weight excluding hydrogens is 216 g/mol. The molecule has 0 heteroatoms. The lowest BCUT2D eigenvalue weighted by atomic mass is 10.3. The topological polar surface area (TPSA) is 0 Å². The van der Waals surface area contributed by atoms with Crippen LogP contribution >= 0.6 is 0 Å². The first-order valence-corrected chi connectivity index (χ1v) is 6.16. The average molecular weight is 244 g/mol. The second-order valence-electron chi connectivity index (χ2n) is 2.75. The number of hydrogen-bond acceptors (Lipinski definition) is 0. The van der Waals surface area contributed by atoms with Gasteiger partial charge in [-0.1, -0.05) is 13.8 Å². The molecule has 0 saturated carbocycles. The number of unbranched alkanes of at least 4 members (excludes halogenated alkanes) is 1. The molecule has 0 fully saturated rings. The highest BCUT2D eigenvalue weighted by atomic mass is 13.7. The molecule has 0 aliphatic rings. The van der Waals surface area contributed by atoms with Gasteiger partial charge in [-0.15, -0.1) is 47.9 Å². The van der Waals surface area contributed by atoms with Gasteiger partial charge in [0.1, 0.15) is 0 Å². The Morgan fingerprint density at radius 2 is 1.11 bits per heavy atom. The fourth-order valence-electron chi connectivity index (χ4n) is 0.427. The first-order chi connectivity index (χ1) is 8.66. The number of hydrogen-bond donors (Lipinski definition) is 0. The summed E-state index contributed by atoms with van der Waals surface area (Å²) in [5.74, 6) is 19.0. The first-order valence-electron chi connectivity index (χ1n) is 6.16. The summed E-state index contributed by atoms with van der Waals surface area (Å²) in [6.45, 7) is 13.2. The fourth-order valence-corrected chi connectivity index (χ4v) is 0.427. The third kappa shape index (κ3) is 139. The molecule has 0 radical (unpaired) electrons. The molecular formula is C18H28. The highest BCUT2D eigenvalue weighted by Crippen LogP contribution is 1.79. The predicted molar refractivity (Wildman–Crippen MR) is 85.7 cm³/mol. The predicted octanol–water partition coefficient (Wildman–Crippen LogP) is 4.90. The fraction of sp³-hybridized carbons (Fsp3) is 0.556. The first kappa shape index (κ1) is 25.2. The summed E-state index contributed by atoms with van der Waals surface area (Å²) >= 11 is 0. The standard InChI is InChI=1S/C6H10.C5H8.C4H6.C3H4/c1-3-5-6-4-2;1-3-5-4-2;1-3-4-2;1-3-2/h3,5H2,1-2H3;3H2,1-2H3;1-2H3;1H,2H3. The quantitative estimate of drug-likeness (QED) is 0.576. The molecule has 0 amide bonds. The second-order valence-corrected chi connectivity index (χ2v) is 2.75. The van der Waals surface area contributed by atoms with Crippen molar-refractivity contribution < 1.29 is 0 Å². The van der Waals surface area contributed by atoms with E-state index in [0.717, 1.165) is 12.8 Å². The molecule has 0 saturated heterocycles. The molecule has 0 spiro atoms. The van der Waals surface area contributed by atoms with E-state index in [1.165, 1.54) is 6.42 Å². The van der Waals surface area contributed by atoms with Crippen LogP contribution in [-0.2, 0) is 0 Å². The minimum absolute atomic E-state index is 0.983. The van der Waals surface area contributed by atoms with E-state index in [-0.39, 0.29) is 0 Å². The molecule has 0 N–H and O–H groups in total. The van der Waals surface area contributed by atoms with Gasteiger partial charge in [0.05, 0.1) is 0 Å². The van der Waals surface area contributed by atoms with E-state index in [4.69, 9.17) is 0 Å². The van der Waals surface area contributed by atoms with E-state index in [9.17, 15) is 0 Å². The molecule has 0 unspecified atom stereocenters. The molecule has 0 rings (SSSR count). The van der Waals surface area contributed by atoms with Gasteiger partial charge in [-0.25, -0.2) is 0 Å². The van der Waals surface area contributed by atoms with Gasteiger partial charge in [-0.2, -0.15) is 0 Å². The van der Waals surface area contributed by atoms with Crippen molar-refractivity contribution >= 4 is 0 Å². The Hall–Kier alpha value is -1.76. The Labute approximate surface area is 116 Å². The zero-order valence-electron chi connectivity index (χ0n) is 13.2. The monoisotopic (exact) mass is 244 g/mol. The maximum absolute atomic E-state index is 4.60. The smallest absolute Gasteiger partial charge is 0.00859 e. The summed E-state index contributed by atoms with van der Waals surface area (Å²) in [7, 11) is 0. The van der Waals surface area contributed by atoms with Crippen LogP contribution in [0.4, 0.5) is 0 Å². The molecule has 0 aliphatic heterocycles. The van der Waals surface area contributed by atoms with Crippen molar-refractivity contribution in [3.05, 3.63) is 0 Å². The molecule has 0 atom stereocenters. The molecule has 0 aromatic heterocycles. The Kier molecular flexibility index (Phi) is 63.7. The normalized spacial score (nSPS) is 4.78. The van der Waals surface area contributed by atoms with Crippen LogP contribution in [0.3, 0.4) is 0 Å². The molecule has 0 nitrogen and oxygen atoms in total. The molecule has 18 heavy (non-hydrogen) atoms. The van der Waals surface area contributed by atoms with Gasteiger partial charge in [-0.05, 0) is 41.0 Å². The van der Waals surface area contributed by atoms with Gasteiger partial charge in [0.15, 0.2) is 0 Å². The van der Waals surface area contributed by atoms with Gasteiger partial charge >= 0.3 is 0 Å². The molecule has 0 aromatic rings. The Morgan fingerprint density at radius 3 is 1.17 bits per heavy atom. The summed E-state index contributed by atoms with van der Waals surface area (Å²) in [5, 5.41) is 0. The molecule has 0 aromatic carbocycles. The maximum atomic E-state index is 4.60. The maximum Gasteiger partial charge on any atom is 0.00859 e. The Bertz CT molecular complexity index is 314. The lowest BCUT2D eigenvalue weighted by Gasteiger charge is -1.71. The lowest BCUT2D eigenvalue weighted by molar-refractivity contribution is 0.983. The van der Waals surface area contributed by atoms with E-state index in [2.05, 4.69) is 54.8 Å². The van der Waals surface area contributed by atoms with E-state index < -0.39 is 0 Å². The van der Waals surface area contributed by atoms with Crippen LogP contribution in [0.5, 0.6) is 0 Å². The molecule has 0 aliphatic carbocycles. The van der Waals surface area contributed by atoms with Crippen LogP contribution in [0, 0.1) is 47.9 Å². The van der Waals surface area contributed by atoms with Crippen LogP contribution < -0.4 is 0 Å². The van der Waals surface area contributed by atoms with Gasteiger partial charge in [0.25, 0.3) is 0 Å². The van der Waals surface area contributed by atoms with Crippen molar-refractivity contribution in [1.29, 1.82) is 0 Å². The summed E-state index contributed by atoms with van der Waals surface area (Å²) in [5.41, 5.74) is 0. The van der Waals surface area contributed by atoms with E-state index in [1.54, 1.807) is 6.92 Å². The van der Waals surface area contributed by atoms with Gasteiger partial charge in [0, 0.05) is 12.8 Å². The highest BCUT2D eigenvalue weighted by molar-refractivity contribution is 4.94. The van der Waals surface area contributed by atoms with E-state index in [1.807, 2.05) is 34.6 Å². The van der Waals surface area contributed by atoms with E-state index in [0.29, 0.717) is 0 Å². The average Bonchev–Trinajstić information content (AvgIpc) is 2.39. The van der Waals surface area contributed by atoms with Gasteiger partial charge in [0.2, 0.25) is 0 Å². The molecule has 0 heterocycles. The van der Waals surface area contributed by atoms with Crippen molar-refractivity contribution in [3.8, 4) is 47.9 Å². The highest BCUT2D eigenvalue weighted by Gasteiger charge is 1.63. The van der Waals surface area contributed by atoms with Crippen LogP contribution in [0.15, 0.2) is 0 Å². The molecule has 0 bridgehead atoms. The van der Waals surface area contributed by atoms with Crippen molar-refractivity contribution in [1.82, 2.24) is 0 Å². The zero-order valence-corrected chi connectivity index (χ0v) is 13.2. The lowest BCUT2D eigenvalue weighted by Crippen LogP contribution is -1.56. The minimum atomic E-state index is 0.983. The van der Waals surface area contributed by atoms with Crippen molar-refractivity contribution in [2.24, 2.45) is 0 Å². The number of rotatable bonds is 1. The summed E-state index contributed by atoms with van der Waals surface area (Å²) in [4.78, 5) is 0. The van der Waals surface area contributed by atoms with Crippen molar-refractivity contribution in [3.63, 3.8) is 0 Å². The summed E-state index contributed by atoms with van der Waals surface area (Å²) in [6.07, 6.45) is 7.81. The summed E-state index contributed by atoms with van der Waals surface area (Å²) in [6, 6.07) is 0. The minimum Gasteiger partial charge on any atom is -0.120 e. The van der Waals surface area contributed by atoms with Crippen molar-refractivity contribution in [2.75, 3.05) is 0 Å². The van der Waals surface area contributed by atoms with Gasteiger partial charge in [-0.3, -0.25) is 0 Å². The van der Waals surface area contributed by atoms with Crippen LogP contribution in [0.1, 0.15) is 67.7 Å². The van der Waals surface area contributed by atoms with E-state index >= 15 is 0 Å². The van der Waals surface area contributed by atoms with Crippen LogP contribution in [-0.4, -0.2) is 0 Å². The zero-order chi connectivity index (χ0) is 15.1. The Balaban J connectivity index is -0.0000000750. The van der Waals surface area contributed by atoms with Crippen LogP contribution in [0.2, 0.25) is 0 Å². The van der Waals surface area contributed by atoms with Crippen molar-refractivity contribution in [2.45, 2.75) is 67.7 Å². The SMILES string of the molecule is C#CC.CC#CC.CC#CCC.CC#CCCC. The molecule has 100 valence electrons. The second kappa shape index (κ2) is 45.5. The summed E-state index contributed by atoms with van der Waals surface area (Å²) < 4.78 is 0.